The molecule has 1 N–H and O–H groups in total. The number of nitriles is 1. The Labute approximate surface area is 161 Å². The van der Waals surface area contributed by atoms with Gasteiger partial charge in [-0.25, -0.2) is 4.79 Å². The van der Waals surface area contributed by atoms with Gasteiger partial charge in [-0.1, -0.05) is 6.07 Å². The molecule has 2 aromatic rings. The van der Waals surface area contributed by atoms with E-state index in [1.54, 1.807) is 37.2 Å². The summed E-state index contributed by atoms with van der Waals surface area (Å²) in [5.41, 5.74) is 0.893. The first-order valence-electron chi connectivity index (χ1n) is 8.20. The monoisotopic (exact) mass is 382 g/mol. The van der Waals surface area contributed by atoms with Gasteiger partial charge in [0.1, 0.15) is 0 Å². The zero-order chi connectivity index (χ0) is 20.8. The third-order valence-electron chi connectivity index (χ3n) is 3.80. The first-order chi connectivity index (χ1) is 13.2. The van der Waals surface area contributed by atoms with Gasteiger partial charge in [0.05, 0.1) is 27.8 Å². The van der Waals surface area contributed by atoms with Gasteiger partial charge in [-0.3, -0.25) is 14.9 Å². The molecular formula is C19H18N4O5. The molecule has 0 radical (unpaired) electrons. The largest absolute Gasteiger partial charge is 0.449 e. The number of anilines is 2. The number of esters is 1. The SMILES string of the molecule is C[C@@H](OC(=O)c1cc([N+](=O)[O-])ccc1N(C)C)C(=O)Nc1cccc(C#N)c1. The lowest BCUT2D eigenvalue weighted by atomic mass is 10.1. The van der Waals surface area contributed by atoms with E-state index in [9.17, 15) is 19.7 Å². The number of hydrogen-bond acceptors (Lipinski definition) is 7. The molecule has 1 amide bonds. The van der Waals surface area contributed by atoms with Crippen molar-refractivity contribution in [1.82, 2.24) is 0 Å². The summed E-state index contributed by atoms with van der Waals surface area (Å²) in [5.74, 6) is -1.46. The number of nitro groups is 1. The van der Waals surface area contributed by atoms with Crippen LogP contribution in [-0.2, 0) is 9.53 Å². The molecule has 28 heavy (non-hydrogen) atoms. The average Bonchev–Trinajstić information content (AvgIpc) is 2.67. The fourth-order valence-electron chi connectivity index (χ4n) is 2.38. The van der Waals surface area contributed by atoms with Gasteiger partial charge in [0.15, 0.2) is 6.10 Å². The van der Waals surface area contributed by atoms with Crippen molar-refractivity contribution in [2.75, 3.05) is 24.3 Å². The van der Waals surface area contributed by atoms with Crippen molar-refractivity contribution >= 4 is 28.9 Å². The fraction of sp³-hybridized carbons (Fsp3) is 0.211. The first-order valence-corrected chi connectivity index (χ1v) is 8.20. The van der Waals surface area contributed by atoms with E-state index in [1.807, 2.05) is 6.07 Å². The number of ether oxygens (including phenoxy) is 1. The Morgan fingerprint density at radius 3 is 2.57 bits per heavy atom. The standard InChI is InChI=1S/C19H18N4O5/c1-12(18(24)21-14-6-4-5-13(9-14)11-20)28-19(25)16-10-15(23(26)27)7-8-17(16)22(2)3/h4-10,12H,1-3H3,(H,21,24)/t12-/m1/s1. The van der Waals surface area contributed by atoms with Crippen LogP contribution in [0.25, 0.3) is 0 Å². The maximum atomic E-state index is 12.5. The van der Waals surface area contributed by atoms with E-state index in [2.05, 4.69) is 5.32 Å². The summed E-state index contributed by atoms with van der Waals surface area (Å²) in [7, 11) is 3.35. The van der Waals surface area contributed by atoms with E-state index in [0.29, 0.717) is 16.9 Å². The Morgan fingerprint density at radius 2 is 1.96 bits per heavy atom. The van der Waals surface area contributed by atoms with E-state index in [-0.39, 0.29) is 11.3 Å². The minimum Gasteiger partial charge on any atom is -0.449 e. The highest BCUT2D eigenvalue weighted by Crippen LogP contribution is 2.25. The maximum Gasteiger partial charge on any atom is 0.341 e. The van der Waals surface area contributed by atoms with E-state index in [4.69, 9.17) is 10.00 Å². The van der Waals surface area contributed by atoms with E-state index in [0.717, 1.165) is 6.07 Å². The molecule has 144 valence electrons. The summed E-state index contributed by atoms with van der Waals surface area (Å²) in [4.78, 5) is 36.8. The molecule has 0 spiro atoms. The number of non-ortho nitro benzene ring substituents is 1. The van der Waals surface area contributed by atoms with Crippen LogP contribution in [0.15, 0.2) is 42.5 Å². The van der Waals surface area contributed by atoms with Crippen molar-refractivity contribution in [1.29, 1.82) is 5.26 Å². The topological polar surface area (TPSA) is 126 Å². The number of nitrogens with zero attached hydrogens (tertiary/aromatic N) is 3. The summed E-state index contributed by atoms with van der Waals surface area (Å²) in [6, 6.07) is 12.1. The van der Waals surface area contributed by atoms with Gasteiger partial charge in [-0.05, 0) is 31.2 Å². The molecule has 9 nitrogen and oxygen atoms in total. The van der Waals surface area contributed by atoms with Gasteiger partial charge in [0, 0.05) is 31.9 Å². The number of benzene rings is 2. The van der Waals surface area contributed by atoms with Gasteiger partial charge in [0.25, 0.3) is 11.6 Å². The zero-order valence-corrected chi connectivity index (χ0v) is 15.5. The smallest absolute Gasteiger partial charge is 0.341 e. The quantitative estimate of drug-likeness (QED) is 0.462. The molecule has 0 bridgehead atoms. The third kappa shape index (κ3) is 4.82. The normalized spacial score (nSPS) is 11.1. The molecule has 1 atom stereocenters. The lowest BCUT2D eigenvalue weighted by molar-refractivity contribution is -0.384. The number of amides is 1. The van der Waals surface area contributed by atoms with E-state index in [1.165, 1.54) is 25.1 Å². The molecule has 2 aromatic carbocycles. The molecule has 0 fully saturated rings. The van der Waals surface area contributed by atoms with Crippen LogP contribution in [0.4, 0.5) is 17.1 Å². The number of nitrogens with one attached hydrogen (secondary N) is 1. The van der Waals surface area contributed by atoms with Gasteiger partial charge in [0.2, 0.25) is 0 Å². The van der Waals surface area contributed by atoms with Crippen molar-refractivity contribution in [3.63, 3.8) is 0 Å². The van der Waals surface area contributed by atoms with Crippen molar-refractivity contribution in [3.05, 3.63) is 63.7 Å². The Balaban J connectivity index is 2.17. The van der Waals surface area contributed by atoms with E-state index < -0.39 is 22.9 Å². The highest BCUT2D eigenvalue weighted by Gasteiger charge is 2.24. The molecule has 0 saturated carbocycles. The van der Waals surface area contributed by atoms with Gasteiger partial charge < -0.3 is 15.0 Å². The van der Waals surface area contributed by atoms with Crippen LogP contribution >= 0.6 is 0 Å². The van der Waals surface area contributed by atoms with Crippen LogP contribution < -0.4 is 10.2 Å². The third-order valence-corrected chi connectivity index (χ3v) is 3.80. The summed E-state index contributed by atoms with van der Waals surface area (Å²) < 4.78 is 5.19. The van der Waals surface area contributed by atoms with E-state index >= 15 is 0 Å². The zero-order valence-electron chi connectivity index (χ0n) is 15.5. The van der Waals surface area contributed by atoms with Crippen molar-refractivity contribution in [2.24, 2.45) is 0 Å². The number of carbonyl (C=O) groups is 2. The Morgan fingerprint density at radius 1 is 1.25 bits per heavy atom. The summed E-state index contributed by atoms with van der Waals surface area (Å²) in [6.45, 7) is 1.38. The number of carbonyl (C=O) groups excluding carboxylic acids is 2. The average molecular weight is 382 g/mol. The number of rotatable bonds is 6. The number of hydrogen-bond donors (Lipinski definition) is 1. The molecule has 0 aliphatic heterocycles. The maximum absolute atomic E-state index is 12.5. The first kappa shape index (κ1) is 20.4. The summed E-state index contributed by atoms with van der Waals surface area (Å²) in [5, 5.41) is 22.4. The highest BCUT2D eigenvalue weighted by molar-refractivity contribution is 6.00. The summed E-state index contributed by atoms with van der Waals surface area (Å²) in [6.07, 6.45) is -1.16. The lowest BCUT2D eigenvalue weighted by Gasteiger charge is -2.18. The minimum atomic E-state index is -1.16. The highest BCUT2D eigenvalue weighted by atomic mass is 16.6. The van der Waals surface area contributed by atoms with Crippen LogP contribution in [0, 0.1) is 21.4 Å². The van der Waals surface area contributed by atoms with Crippen LogP contribution in [0.1, 0.15) is 22.8 Å². The number of nitro benzene ring substituents is 1. The van der Waals surface area contributed by atoms with Gasteiger partial charge in [-0.15, -0.1) is 0 Å². The Hall–Kier alpha value is -3.93. The lowest BCUT2D eigenvalue weighted by Crippen LogP contribution is -2.30. The van der Waals surface area contributed by atoms with Crippen molar-refractivity contribution < 1.29 is 19.2 Å². The molecule has 0 heterocycles. The van der Waals surface area contributed by atoms with Crippen LogP contribution in [0.2, 0.25) is 0 Å². The second-order valence-electron chi connectivity index (χ2n) is 6.08. The minimum absolute atomic E-state index is 0.0228. The molecular weight excluding hydrogens is 364 g/mol. The molecule has 0 saturated heterocycles. The Bertz CT molecular complexity index is 965. The molecule has 0 unspecified atom stereocenters. The second-order valence-corrected chi connectivity index (χ2v) is 6.08. The molecule has 9 heteroatoms. The Kier molecular flexibility index (Phi) is 6.29. The van der Waals surface area contributed by atoms with Crippen LogP contribution in [0.3, 0.4) is 0 Å². The second kappa shape index (κ2) is 8.64. The predicted octanol–water partition coefficient (Wildman–Crippen LogP) is 2.72. The molecule has 0 aliphatic rings. The van der Waals surface area contributed by atoms with Crippen LogP contribution in [-0.4, -0.2) is 37.0 Å². The molecule has 2 rings (SSSR count). The summed E-state index contributed by atoms with van der Waals surface area (Å²) >= 11 is 0. The molecule has 0 aromatic heterocycles. The van der Waals surface area contributed by atoms with Crippen molar-refractivity contribution in [3.8, 4) is 6.07 Å². The van der Waals surface area contributed by atoms with Gasteiger partial charge >= 0.3 is 5.97 Å². The fourth-order valence-corrected chi connectivity index (χ4v) is 2.38. The molecule has 0 aliphatic carbocycles. The van der Waals surface area contributed by atoms with Gasteiger partial charge in [-0.2, -0.15) is 5.26 Å². The van der Waals surface area contributed by atoms with Crippen molar-refractivity contribution in [2.45, 2.75) is 13.0 Å². The van der Waals surface area contributed by atoms with Crippen LogP contribution in [0.5, 0.6) is 0 Å². The predicted molar refractivity (Wildman–Crippen MR) is 102 cm³/mol.